The van der Waals surface area contributed by atoms with Crippen LogP contribution in [-0.2, 0) is 60.7 Å². The van der Waals surface area contributed by atoms with Crippen LogP contribution in [0.5, 0.6) is 5.75 Å². The van der Waals surface area contributed by atoms with E-state index in [-0.39, 0.29) is 56.0 Å². The van der Waals surface area contributed by atoms with Crippen molar-refractivity contribution in [2.45, 2.75) is 127 Å². The number of guanidine groups is 1. The van der Waals surface area contributed by atoms with Gasteiger partial charge in [0.1, 0.15) is 42.0 Å². The number of aryl methyl sites for hydroxylation is 1. The average Bonchev–Trinajstić information content (AvgIpc) is 3.37. The number of methoxy groups -OCH3 is 1. The molecule has 1 aliphatic heterocycles. The molecule has 0 spiro atoms. The first-order valence-electron chi connectivity index (χ1n) is 24.8. The second kappa shape index (κ2) is 31.1. The lowest BCUT2D eigenvalue weighted by Crippen LogP contribution is -2.58. The molecule has 24 heteroatoms. The Morgan fingerprint density at radius 3 is 2.03 bits per heavy atom. The summed E-state index contributed by atoms with van der Waals surface area (Å²) in [4.78, 5) is 127. The molecule has 0 aliphatic carbocycles. The number of aliphatic hydroxyl groups is 1. The number of rotatable bonds is 17. The Bertz CT molecular complexity index is 2410. The van der Waals surface area contributed by atoms with Crippen LogP contribution in [-0.4, -0.2) is 160 Å². The third kappa shape index (κ3) is 20.8. The van der Waals surface area contributed by atoms with E-state index in [0.717, 1.165) is 10.5 Å². The Balaban J connectivity index is 2.11. The van der Waals surface area contributed by atoms with Crippen molar-refractivity contribution in [1.82, 2.24) is 36.8 Å². The number of carboxylic acid groups (broad SMARTS) is 2. The van der Waals surface area contributed by atoms with E-state index < -0.39 is 127 Å². The highest BCUT2D eigenvalue weighted by molar-refractivity contribution is 5.96. The van der Waals surface area contributed by atoms with Crippen LogP contribution in [0.1, 0.15) is 77.3 Å². The zero-order valence-electron chi connectivity index (χ0n) is 43.7. The number of carbonyl (C=O) groups excluding carboxylic acids is 7. The van der Waals surface area contributed by atoms with E-state index in [9.17, 15) is 63.6 Å². The van der Waals surface area contributed by atoms with Crippen molar-refractivity contribution in [2.24, 2.45) is 28.3 Å². The number of nitrogens with one attached hydrogen (secondary N) is 6. The molecule has 416 valence electrons. The second-order valence-corrected chi connectivity index (χ2v) is 18.7. The average molecular weight is 1060 g/mol. The number of aliphatic imine (C=N–C) groups is 1. The highest BCUT2D eigenvalue weighted by atomic mass is 16.5. The van der Waals surface area contributed by atoms with Crippen LogP contribution in [0.2, 0.25) is 0 Å². The maximum atomic E-state index is 14.4. The van der Waals surface area contributed by atoms with Gasteiger partial charge in [0.25, 0.3) is 0 Å². The Morgan fingerprint density at radius 2 is 1.42 bits per heavy atom. The lowest BCUT2D eigenvalue weighted by Gasteiger charge is -2.28. The number of phenols is 1. The van der Waals surface area contributed by atoms with Crippen LogP contribution in [0.4, 0.5) is 0 Å². The first-order valence-corrected chi connectivity index (χ1v) is 24.8. The Morgan fingerprint density at radius 1 is 0.803 bits per heavy atom. The van der Waals surface area contributed by atoms with E-state index in [1.165, 1.54) is 39.1 Å². The number of aliphatic hydroxyl groups excluding tert-OH is 1. The predicted molar refractivity (Wildman–Crippen MR) is 279 cm³/mol. The van der Waals surface area contributed by atoms with Crippen molar-refractivity contribution in [3.63, 3.8) is 0 Å². The Labute approximate surface area is 441 Å². The molecule has 76 heavy (non-hydrogen) atoms. The van der Waals surface area contributed by atoms with Gasteiger partial charge < -0.3 is 73.4 Å². The number of likely N-dealkylation sites (N-methyl/N-ethyl adjacent to an activating group) is 1. The van der Waals surface area contributed by atoms with E-state index in [0.29, 0.717) is 17.6 Å². The molecule has 0 saturated carbocycles. The van der Waals surface area contributed by atoms with Gasteiger partial charge in [0.15, 0.2) is 5.96 Å². The molecule has 2 aromatic carbocycles. The first kappa shape index (κ1) is 62.4. The fraction of sp³-hybridized carbons (Fsp3) is 0.500. The molecule has 1 aliphatic rings. The molecule has 0 aromatic heterocycles. The summed E-state index contributed by atoms with van der Waals surface area (Å²) in [7, 11) is 2.77. The number of nitrogens with zero attached hydrogens (tertiary/aromatic N) is 2. The summed E-state index contributed by atoms with van der Waals surface area (Å²) < 4.78 is 5.81. The summed E-state index contributed by atoms with van der Waals surface area (Å²) in [6.07, 6.45) is 3.39. The summed E-state index contributed by atoms with van der Waals surface area (Å²) in [5.41, 5.74) is 13.4. The van der Waals surface area contributed by atoms with Crippen LogP contribution >= 0.6 is 0 Å². The number of amides is 7. The van der Waals surface area contributed by atoms with Crippen LogP contribution in [0.25, 0.3) is 0 Å². The zero-order chi connectivity index (χ0) is 56.6. The molecule has 0 radical (unpaired) electrons. The van der Waals surface area contributed by atoms with Crippen LogP contribution < -0.4 is 43.4 Å². The lowest BCUT2D eigenvalue weighted by atomic mass is 9.94. The summed E-state index contributed by atoms with van der Waals surface area (Å²) >= 11 is 0. The van der Waals surface area contributed by atoms with Gasteiger partial charge in [-0.2, -0.15) is 0 Å². The van der Waals surface area contributed by atoms with Gasteiger partial charge in [-0.15, -0.1) is 0 Å². The molecule has 1 fully saturated rings. The number of hydrogen-bond donors (Lipinski definition) is 12. The van der Waals surface area contributed by atoms with Crippen molar-refractivity contribution in [3.8, 4) is 5.75 Å². The van der Waals surface area contributed by atoms with Crippen molar-refractivity contribution >= 4 is 59.2 Å². The summed E-state index contributed by atoms with van der Waals surface area (Å²) in [5.74, 6) is -11.4. The number of aromatic hydroxyl groups is 1. The fourth-order valence-electron chi connectivity index (χ4n) is 8.09. The Kier molecular flexibility index (Phi) is 25.6. The van der Waals surface area contributed by atoms with Gasteiger partial charge >= 0.3 is 11.9 Å². The minimum absolute atomic E-state index is 0.00191. The molecule has 3 rings (SSSR count). The smallest absolute Gasteiger partial charge is 0.326 e. The van der Waals surface area contributed by atoms with Gasteiger partial charge in [-0.3, -0.25) is 38.6 Å². The number of phenolic OH excluding ortho intramolecular Hbond substituents is 1. The number of allylic oxidation sites excluding steroid dienone is 2. The molecule has 14 N–H and O–H groups in total. The molecule has 7 amide bonds. The maximum Gasteiger partial charge on any atom is 0.326 e. The number of nitrogens with two attached hydrogens (primary N) is 2. The minimum atomic E-state index is -1.93. The quantitative estimate of drug-likeness (QED) is 0.0412. The van der Waals surface area contributed by atoms with Crippen LogP contribution in [0.15, 0.2) is 83.4 Å². The number of aliphatic carboxylic acids is 2. The van der Waals surface area contributed by atoms with Crippen molar-refractivity contribution < 1.29 is 68.3 Å². The first-order chi connectivity index (χ1) is 35.9. The molecule has 1 saturated heterocycles. The normalized spacial score (nSPS) is 24.3. The second-order valence-electron chi connectivity index (χ2n) is 18.7. The monoisotopic (exact) mass is 1060 g/mol. The number of hydrogen-bond acceptors (Lipinski definition) is 13. The minimum Gasteiger partial charge on any atom is -0.508 e. The fourth-order valence-corrected chi connectivity index (χ4v) is 8.09. The third-order valence-electron chi connectivity index (χ3n) is 12.8. The van der Waals surface area contributed by atoms with Crippen molar-refractivity contribution in [3.05, 3.63) is 89.5 Å². The summed E-state index contributed by atoms with van der Waals surface area (Å²) in [6, 6.07) is 4.85. The van der Waals surface area contributed by atoms with E-state index in [1.54, 1.807) is 32.2 Å². The van der Waals surface area contributed by atoms with E-state index in [2.05, 4.69) is 36.9 Å². The molecule has 1 heterocycles. The standard InChI is InChI=1S/C52H74N10O14/c1-29(25-30(2)42(76-6)26-34-11-8-7-9-12-34)14-20-36-31(3)45(67)60-39(50(72)73)22-23-44(66)62(5)41(28-63)49(71)56-32(4)46(68)59-38(21-17-33-15-18-35(64)19-16-33)48(70)61-40(51(74)75)27-43(65)57-37(47(69)58-36)13-10-24-55-52(53)54/h7-9,11-12,14-16,18-20,25,30-32,36-42,63-64H,10,13,17,21-24,26-28H2,1-6H3,(H,56,71)(H,57,65)(H,58,69)(H,59,68)(H,60,67)(H,61,70)(H,72,73)(H,74,75)(H4,53,54,55)/b20-14+,29-25+/t30-,31-,32+,36-,37-,38-,39+,40+,41-,42-/m0/s1. The molecule has 10 atom stereocenters. The van der Waals surface area contributed by atoms with E-state index in [1.807, 2.05) is 43.3 Å². The van der Waals surface area contributed by atoms with Gasteiger partial charge in [0.2, 0.25) is 41.4 Å². The van der Waals surface area contributed by atoms with Gasteiger partial charge in [-0.25, -0.2) is 9.59 Å². The largest absolute Gasteiger partial charge is 0.508 e. The Hall–Kier alpha value is -7.86. The number of ether oxygens (including phenoxy) is 1. The summed E-state index contributed by atoms with van der Waals surface area (Å²) in [6.45, 7) is 5.46. The van der Waals surface area contributed by atoms with Gasteiger partial charge in [0, 0.05) is 33.0 Å². The zero-order valence-corrected chi connectivity index (χ0v) is 43.7. The van der Waals surface area contributed by atoms with Gasteiger partial charge in [-0.1, -0.05) is 80.1 Å². The van der Waals surface area contributed by atoms with Gasteiger partial charge in [0.05, 0.1) is 31.1 Å². The SMILES string of the molecule is CO[C@@H](Cc1ccccc1)[C@@H](C)/C=C(C)/C=C/[C@@H]1NC(=O)[C@H](CCCN=C(N)N)NC(=O)C[C@H](C(=O)O)NC(=O)[C@H](CCc2ccc(O)cc2)NC(=O)[C@@H](C)NC(=O)[C@H](CO)N(C)C(=O)CC[C@H](C(=O)O)NC(=O)[C@H]1C. The highest BCUT2D eigenvalue weighted by Gasteiger charge is 2.35. The number of benzene rings is 2. The third-order valence-corrected chi connectivity index (χ3v) is 12.8. The topological polar surface area (TPSA) is 384 Å². The van der Waals surface area contributed by atoms with Crippen LogP contribution in [0, 0.1) is 11.8 Å². The highest BCUT2D eigenvalue weighted by Crippen LogP contribution is 2.19. The van der Waals surface area contributed by atoms with Crippen molar-refractivity contribution in [1.29, 1.82) is 0 Å². The number of carboxylic acids is 2. The van der Waals surface area contributed by atoms with Crippen LogP contribution in [0.3, 0.4) is 0 Å². The molecule has 0 unspecified atom stereocenters. The molecular formula is C52H74N10O14. The van der Waals surface area contributed by atoms with Gasteiger partial charge in [-0.05, 0) is 75.6 Å². The van der Waals surface area contributed by atoms with Crippen molar-refractivity contribution in [2.75, 3.05) is 27.3 Å². The molecule has 2 aromatic rings. The molecular weight excluding hydrogens is 989 g/mol. The van der Waals surface area contributed by atoms with E-state index >= 15 is 0 Å². The lowest BCUT2D eigenvalue weighted by molar-refractivity contribution is -0.144. The number of carbonyl (C=O) groups is 9. The van der Waals surface area contributed by atoms with E-state index in [4.69, 9.17) is 16.2 Å². The predicted octanol–water partition coefficient (Wildman–Crippen LogP) is -0.488. The molecule has 24 nitrogen and oxygen atoms in total. The maximum absolute atomic E-state index is 14.4. The summed E-state index contributed by atoms with van der Waals surface area (Å²) in [5, 5.41) is 55.3. The molecule has 0 bridgehead atoms.